The maximum absolute atomic E-state index is 11.6. The summed E-state index contributed by atoms with van der Waals surface area (Å²) in [5.74, 6) is 0.749. The van der Waals surface area contributed by atoms with Crippen LogP contribution in [0.3, 0.4) is 0 Å². The van der Waals surface area contributed by atoms with E-state index in [1.165, 1.54) is 12.8 Å². The molecule has 0 radical (unpaired) electrons. The summed E-state index contributed by atoms with van der Waals surface area (Å²) in [6, 6.07) is 0.162. The molecule has 0 aromatic rings. The van der Waals surface area contributed by atoms with Gasteiger partial charge in [-0.05, 0) is 32.1 Å². The predicted octanol–water partition coefficient (Wildman–Crippen LogP) is 0.407. The van der Waals surface area contributed by atoms with Crippen LogP contribution in [0.2, 0.25) is 0 Å². The maximum Gasteiger partial charge on any atom is 0.221 e. The highest BCUT2D eigenvalue weighted by molar-refractivity contribution is 5.76. The van der Waals surface area contributed by atoms with Crippen molar-refractivity contribution < 1.29 is 9.53 Å². The molecule has 3 atom stereocenters. The van der Waals surface area contributed by atoms with Gasteiger partial charge in [0.2, 0.25) is 5.91 Å². The topological polar surface area (TPSA) is 64.4 Å². The molecule has 0 aromatic carbocycles. The van der Waals surface area contributed by atoms with E-state index in [4.69, 9.17) is 10.5 Å². The van der Waals surface area contributed by atoms with Gasteiger partial charge >= 0.3 is 0 Å². The van der Waals surface area contributed by atoms with E-state index in [1.54, 1.807) is 0 Å². The van der Waals surface area contributed by atoms with Gasteiger partial charge in [0, 0.05) is 19.1 Å². The summed E-state index contributed by atoms with van der Waals surface area (Å²) in [5.41, 5.74) is 5.58. The Kier molecular flexibility index (Phi) is 3.26. The Balaban J connectivity index is 1.79. The van der Waals surface area contributed by atoms with E-state index < -0.39 is 0 Å². The van der Waals surface area contributed by atoms with Crippen molar-refractivity contribution in [1.29, 1.82) is 0 Å². The van der Waals surface area contributed by atoms with Crippen LogP contribution in [0.4, 0.5) is 0 Å². The van der Waals surface area contributed by atoms with Crippen molar-refractivity contribution in [3.63, 3.8) is 0 Å². The third kappa shape index (κ3) is 2.92. The molecule has 15 heavy (non-hydrogen) atoms. The van der Waals surface area contributed by atoms with Crippen LogP contribution in [0.5, 0.6) is 0 Å². The molecule has 2 fully saturated rings. The number of ether oxygens (including phenoxy) is 1. The molecular weight excluding hydrogens is 192 g/mol. The quantitative estimate of drug-likeness (QED) is 0.709. The van der Waals surface area contributed by atoms with Gasteiger partial charge in [0.05, 0.1) is 12.1 Å². The lowest BCUT2D eigenvalue weighted by molar-refractivity contribution is -0.122. The standard InChI is InChI=1S/C11H20N2O2/c1-7(12)6-10(14)13-9-4-5-15-11(9)8-2-3-8/h7-9,11H,2-6,12H2,1H3,(H,13,14). The van der Waals surface area contributed by atoms with E-state index in [0.29, 0.717) is 12.3 Å². The summed E-state index contributed by atoms with van der Waals surface area (Å²) in [6.45, 7) is 2.63. The summed E-state index contributed by atoms with van der Waals surface area (Å²) in [7, 11) is 0. The van der Waals surface area contributed by atoms with Crippen molar-refractivity contribution in [3.05, 3.63) is 0 Å². The molecule has 1 amide bonds. The number of hydrogen-bond acceptors (Lipinski definition) is 3. The van der Waals surface area contributed by atoms with Gasteiger partial charge < -0.3 is 15.8 Å². The van der Waals surface area contributed by atoms with Crippen LogP contribution in [0.1, 0.15) is 32.6 Å². The molecule has 0 aromatic heterocycles. The number of nitrogens with two attached hydrogens (primary N) is 1. The number of rotatable bonds is 4. The number of nitrogens with one attached hydrogen (secondary N) is 1. The molecule has 0 spiro atoms. The van der Waals surface area contributed by atoms with Gasteiger partial charge in [-0.25, -0.2) is 0 Å². The summed E-state index contributed by atoms with van der Waals surface area (Å²) in [5, 5.41) is 3.04. The molecule has 3 N–H and O–H groups in total. The molecule has 3 unspecified atom stereocenters. The fraction of sp³-hybridized carbons (Fsp3) is 0.909. The highest BCUT2D eigenvalue weighted by atomic mass is 16.5. The Hall–Kier alpha value is -0.610. The van der Waals surface area contributed by atoms with Crippen LogP contribution in [0.25, 0.3) is 0 Å². The number of hydrogen-bond donors (Lipinski definition) is 2. The van der Waals surface area contributed by atoms with E-state index in [-0.39, 0.29) is 24.1 Å². The van der Waals surface area contributed by atoms with Crippen LogP contribution in [-0.4, -0.2) is 30.7 Å². The normalized spacial score (nSPS) is 32.7. The van der Waals surface area contributed by atoms with Crippen molar-refractivity contribution >= 4 is 5.91 Å². The second-order valence-corrected chi connectivity index (χ2v) is 4.82. The minimum atomic E-state index is -0.0632. The zero-order chi connectivity index (χ0) is 10.8. The largest absolute Gasteiger partial charge is 0.376 e. The van der Waals surface area contributed by atoms with Crippen LogP contribution in [0, 0.1) is 5.92 Å². The highest BCUT2D eigenvalue weighted by Crippen LogP contribution is 2.38. The average Bonchev–Trinajstić information content (AvgIpc) is 2.87. The third-order valence-corrected chi connectivity index (χ3v) is 3.08. The molecule has 4 nitrogen and oxygen atoms in total. The highest BCUT2D eigenvalue weighted by Gasteiger charge is 2.41. The lowest BCUT2D eigenvalue weighted by atomic mass is 10.1. The minimum absolute atomic E-state index is 0.0613. The first kappa shape index (κ1) is 10.9. The monoisotopic (exact) mass is 212 g/mol. The van der Waals surface area contributed by atoms with Gasteiger partial charge in [-0.1, -0.05) is 0 Å². The molecule has 0 bridgehead atoms. The molecular formula is C11H20N2O2. The Morgan fingerprint density at radius 1 is 1.53 bits per heavy atom. The molecule has 1 aliphatic heterocycles. The maximum atomic E-state index is 11.6. The smallest absolute Gasteiger partial charge is 0.221 e. The van der Waals surface area contributed by atoms with Crippen molar-refractivity contribution in [2.75, 3.05) is 6.61 Å². The first-order valence-corrected chi connectivity index (χ1v) is 5.83. The number of amides is 1. The fourth-order valence-electron chi connectivity index (χ4n) is 2.21. The van der Waals surface area contributed by atoms with Gasteiger partial charge in [0.15, 0.2) is 0 Å². The number of carbonyl (C=O) groups excluding carboxylic acids is 1. The van der Waals surface area contributed by atoms with Crippen molar-refractivity contribution in [2.24, 2.45) is 11.7 Å². The Labute approximate surface area is 90.5 Å². The van der Waals surface area contributed by atoms with Gasteiger partial charge in [-0.2, -0.15) is 0 Å². The van der Waals surface area contributed by atoms with Gasteiger partial charge in [-0.3, -0.25) is 4.79 Å². The summed E-state index contributed by atoms with van der Waals surface area (Å²) < 4.78 is 5.65. The lowest BCUT2D eigenvalue weighted by Crippen LogP contribution is -2.42. The summed E-state index contributed by atoms with van der Waals surface area (Å²) >= 11 is 0. The lowest BCUT2D eigenvalue weighted by Gasteiger charge is -2.19. The van der Waals surface area contributed by atoms with Crippen LogP contribution in [0.15, 0.2) is 0 Å². The zero-order valence-corrected chi connectivity index (χ0v) is 9.24. The van der Waals surface area contributed by atoms with Crippen molar-refractivity contribution in [2.45, 2.75) is 50.8 Å². The van der Waals surface area contributed by atoms with Crippen LogP contribution in [-0.2, 0) is 9.53 Å². The third-order valence-electron chi connectivity index (χ3n) is 3.08. The summed E-state index contributed by atoms with van der Waals surface area (Å²) in [6.07, 6.45) is 4.14. The molecule has 1 heterocycles. The number of carbonyl (C=O) groups is 1. The van der Waals surface area contributed by atoms with Crippen molar-refractivity contribution in [3.8, 4) is 0 Å². The SMILES string of the molecule is CC(N)CC(=O)NC1CCOC1C1CC1. The molecule has 2 rings (SSSR count). The van der Waals surface area contributed by atoms with Crippen LogP contribution >= 0.6 is 0 Å². The van der Waals surface area contributed by atoms with Gasteiger partial charge in [0.25, 0.3) is 0 Å². The van der Waals surface area contributed by atoms with Gasteiger partial charge in [-0.15, -0.1) is 0 Å². The first-order chi connectivity index (χ1) is 7.16. The van der Waals surface area contributed by atoms with E-state index in [9.17, 15) is 4.79 Å². The average molecular weight is 212 g/mol. The second kappa shape index (κ2) is 4.49. The molecule has 86 valence electrons. The second-order valence-electron chi connectivity index (χ2n) is 4.82. The van der Waals surface area contributed by atoms with E-state index >= 15 is 0 Å². The molecule has 1 aliphatic carbocycles. The van der Waals surface area contributed by atoms with E-state index in [1.807, 2.05) is 6.92 Å². The first-order valence-electron chi connectivity index (χ1n) is 5.83. The van der Waals surface area contributed by atoms with Crippen LogP contribution < -0.4 is 11.1 Å². The molecule has 1 saturated heterocycles. The fourth-order valence-corrected chi connectivity index (χ4v) is 2.21. The van der Waals surface area contributed by atoms with E-state index in [0.717, 1.165) is 13.0 Å². The Morgan fingerprint density at radius 2 is 2.27 bits per heavy atom. The molecule has 2 aliphatic rings. The zero-order valence-electron chi connectivity index (χ0n) is 9.24. The van der Waals surface area contributed by atoms with Crippen molar-refractivity contribution in [1.82, 2.24) is 5.32 Å². The predicted molar refractivity (Wildman–Crippen MR) is 57.3 cm³/mol. The van der Waals surface area contributed by atoms with E-state index in [2.05, 4.69) is 5.32 Å². The minimum Gasteiger partial charge on any atom is -0.376 e. The summed E-state index contributed by atoms with van der Waals surface area (Å²) in [4.78, 5) is 11.6. The van der Waals surface area contributed by atoms with Gasteiger partial charge in [0.1, 0.15) is 0 Å². The molecule has 4 heteroatoms. The molecule has 1 saturated carbocycles. The Morgan fingerprint density at radius 3 is 2.87 bits per heavy atom. The Bertz CT molecular complexity index is 239.